The molecule has 44 heavy (non-hydrogen) atoms. The number of fused-ring (bicyclic) bond motifs is 3. The third-order valence-corrected chi connectivity index (χ3v) is 10.7. The van der Waals surface area contributed by atoms with Gasteiger partial charge in [-0.05, 0) is 58.6 Å². The number of aromatic hydroxyl groups is 1. The summed E-state index contributed by atoms with van der Waals surface area (Å²) < 4.78 is 91.4. The number of carbonyl (C=O) groups excluding carboxylic acids is 1. The van der Waals surface area contributed by atoms with Gasteiger partial charge in [0.05, 0.1) is 12.0 Å². The predicted octanol–water partition coefficient (Wildman–Crippen LogP) is 4.18. The third kappa shape index (κ3) is 3.61. The van der Waals surface area contributed by atoms with Crippen LogP contribution in [-0.2, 0) is 6.42 Å². The maximum atomic E-state index is 15.8. The molecule has 6 nitrogen and oxygen atoms in total. The number of amides is 1. The van der Waals surface area contributed by atoms with E-state index in [9.17, 15) is 27.9 Å². The van der Waals surface area contributed by atoms with Crippen molar-refractivity contribution in [2.24, 2.45) is 11.8 Å². The van der Waals surface area contributed by atoms with Gasteiger partial charge in [-0.3, -0.25) is 19.3 Å². The molecule has 4 aliphatic carbocycles. The van der Waals surface area contributed by atoms with E-state index in [0.29, 0.717) is 27.3 Å². The molecule has 2 aromatic heterocycles. The molecule has 0 saturated carbocycles. The summed E-state index contributed by atoms with van der Waals surface area (Å²) in [5.74, 6) is -9.84. The average Bonchev–Trinajstić information content (AvgIpc) is 3.34. The number of rotatable bonds is 1. The second-order valence-corrected chi connectivity index (χ2v) is 12.8. The zero-order chi connectivity index (χ0) is 30.9. The lowest BCUT2D eigenvalue weighted by Crippen LogP contribution is -2.67. The second kappa shape index (κ2) is 9.02. The molecule has 0 radical (unpaired) electrons. The van der Waals surface area contributed by atoms with Crippen molar-refractivity contribution in [3.63, 3.8) is 0 Å². The average molecular weight is 632 g/mol. The monoisotopic (exact) mass is 631 g/mol. The van der Waals surface area contributed by atoms with Crippen molar-refractivity contribution < 1.29 is 36.2 Å². The fraction of sp³-hybridized carbons (Fsp3) is 0.355. The number of piperidine rings is 1. The van der Waals surface area contributed by atoms with Crippen molar-refractivity contribution >= 4 is 28.4 Å². The summed E-state index contributed by atoms with van der Waals surface area (Å²) >= 11 is 1.27. The minimum absolute atomic E-state index is 0.0683. The van der Waals surface area contributed by atoms with Crippen molar-refractivity contribution in [3.05, 3.63) is 96.2 Å². The summed E-state index contributed by atoms with van der Waals surface area (Å²) in [6, 6.07) is -0.0737. The molecule has 0 aromatic carbocycles. The third-order valence-electron chi connectivity index (χ3n) is 9.60. The van der Waals surface area contributed by atoms with Crippen LogP contribution in [0.2, 0.25) is 0 Å². The summed E-state index contributed by atoms with van der Waals surface area (Å²) in [4.78, 5) is 27.4. The van der Waals surface area contributed by atoms with Gasteiger partial charge in [0.1, 0.15) is 17.9 Å². The van der Waals surface area contributed by atoms with Crippen LogP contribution in [-0.4, -0.2) is 51.4 Å². The molecule has 4 atom stereocenters. The first kappa shape index (κ1) is 27.5. The molecule has 1 N–H and O–H groups in total. The van der Waals surface area contributed by atoms with Gasteiger partial charge >= 0.3 is 6.18 Å². The van der Waals surface area contributed by atoms with E-state index in [1.54, 1.807) is 17.5 Å². The second-order valence-electron chi connectivity index (χ2n) is 11.9. The number of allylic oxidation sites excluding steroid dienone is 6. The van der Waals surface area contributed by atoms with Crippen LogP contribution in [0.4, 0.5) is 26.3 Å². The van der Waals surface area contributed by atoms with Crippen LogP contribution in [0, 0.1) is 11.8 Å². The smallest absolute Gasteiger partial charge is 0.392 e. The van der Waals surface area contributed by atoms with Gasteiger partial charge in [0.25, 0.3) is 11.8 Å². The highest BCUT2D eigenvalue weighted by Crippen LogP contribution is 2.51. The summed E-state index contributed by atoms with van der Waals surface area (Å²) in [6.45, 7) is -0.308. The van der Waals surface area contributed by atoms with Crippen molar-refractivity contribution in [2.45, 2.75) is 50.0 Å². The highest BCUT2D eigenvalue weighted by atomic mass is 32.1. The minimum Gasteiger partial charge on any atom is -0.502 e. The highest BCUT2D eigenvalue weighted by Gasteiger charge is 2.56. The Morgan fingerprint density at radius 1 is 1.09 bits per heavy atom. The zero-order valence-corrected chi connectivity index (χ0v) is 23.6. The van der Waals surface area contributed by atoms with Gasteiger partial charge in [0.15, 0.2) is 11.4 Å². The van der Waals surface area contributed by atoms with Crippen LogP contribution in [0.15, 0.2) is 69.8 Å². The topological polar surface area (TPSA) is 65.8 Å². The Morgan fingerprint density at radius 2 is 1.89 bits per heavy atom. The van der Waals surface area contributed by atoms with Gasteiger partial charge in [-0.15, -0.1) is 11.3 Å². The van der Waals surface area contributed by atoms with E-state index >= 15 is 13.2 Å². The van der Waals surface area contributed by atoms with Crippen LogP contribution in [0.3, 0.4) is 0 Å². The Kier molecular flexibility index (Phi) is 5.65. The largest absolute Gasteiger partial charge is 0.502 e. The van der Waals surface area contributed by atoms with Gasteiger partial charge in [-0.1, -0.05) is 24.3 Å². The highest BCUT2D eigenvalue weighted by molar-refractivity contribution is 7.08. The van der Waals surface area contributed by atoms with E-state index in [1.807, 2.05) is 6.08 Å². The molecular weight excluding hydrogens is 608 g/mol. The lowest BCUT2D eigenvalue weighted by atomic mass is 9.73. The first-order valence-electron chi connectivity index (χ1n) is 14.2. The quantitative estimate of drug-likeness (QED) is 0.480. The van der Waals surface area contributed by atoms with Crippen LogP contribution >= 0.6 is 11.3 Å². The Morgan fingerprint density at radius 3 is 2.66 bits per heavy atom. The molecule has 4 unspecified atom stereocenters. The number of thiophene rings is 1. The van der Waals surface area contributed by atoms with Gasteiger partial charge in [-0.2, -0.15) is 13.2 Å². The van der Waals surface area contributed by atoms with E-state index in [1.165, 1.54) is 38.2 Å². The Labute approximate surface area is 249 Å². The summed E-state index contributed by atoms with van der Waals surface area (Å²) in [5.41, 5.74) is 0.776. The van der Waals surface area contributed by atoms with Gasteiger partial charge < -0.3 is 10.0 Å². The van der Waals surface area contributed by atoms with E-state index in [4.69, 9.17) is 0 Å². The molecule has 8 rings (SSSR count). The molecule has 2 aliphatic heterocycles. The van der Waals surface area contributed by atoms with Crippen LogP contribution in [0.25, 0.3) is 11.1 Å². The molecule has 1 fully saturated rings. The number of aromatic nitrogens is 1. The molecular formula is C31H23F6N3O3S. The molecule has 1 amide bonds. The molecule has 6 aliphatic rings. The van der Waals surface area contributed by atoms with Crippen LogP contribution in [0.1, 0.15) is 35.3 Å². The van der Waals surface area contributed by atoms with E-state index in [0.717, 1.165) is 17.7 Å². The van der Waals surface area contributed by atoms with Crippen LogP contribution in [0.5, 0.6) is 5.75 Å². The van der Waals surface area contributed by atoms with Crippen molar-refractivity contribution in [3.8, 4) is 5.75 Å². The number of halogens is 6. The molecule has 2 aromatic rings. The molecule has 0 bridgehead atoms. The van der Waals surface area contributed by atoms with E-state index in [2.05, 4.69) is 0 Å². The summed E-state index contributed by atoms with van der Waals surface area (Å²) in [7, 11) is 0. The fourth-order valence-electron chi connectivity index (χ4n) is 7.72. The molecule has 13 heteroatoms. The number of carbonyl (C=O) groups is 1. The fourth-order valence-corrected chi connectivity index (χ4v) is 8.88. The van der Waals surface area contributed by atoms with E-state index < -0.39 is 77.6 Å². The van der Waals surface area contributed by atoms with E-state index in [-0.39, 0.29) is 24.1 Å². The molecule has 1 saturated heterocycles. The lowest BCUT2D eigenvalue weighted by molar-refractivity contribution is -0.189. The Balaban J connectivity index is 1.46. The SMILES string of the molecule is O=C1c2c(O)c(=O)ccn2N(C2C3=CC=CCC3=c3scc4c3=C3C2=CC=C(F)C3C(F)(F)C4)C2CC(C(F)(F)F)CCN12. The maximum Gasteiger partial charge on any atom is 0.392 e. The lowest BCUT2D eigenvalue weighted by Gasteiger charge is -2.54. The van der Waals surface area contributed by atoms with Gasteiger partial charge in [0, 0.05) is 35.0 Å². The maximum absolute atomic E-state index is 15.8. The normalized spacial score (nSPS) is 28.3. The number of alkyl halides is 5. The first-order valence-corrected chi connectivity index (χ1v) is 15.0. The zero-order valence-electron chi connectivity index (χ0n) is 22.7. The van der Waals surface area contributed by atoms with Crippen molar-refractivity contribution in [1.29, 1.82) is 0 Å². The number of hydrogen-bond donors (Lipinski definition) is 1. The van der Waals surface area contributed by atoms with Crippen LogP contribution < -0.4 is 20.2 Å². The predicted molar refractivity (Wildman–Crippen MR) is 150 cm³/mol. The number of pyridine rings is 1. The van der Waals surface area contributed by atoms with Crippen molar-refractivity contribution in [2.75, 3.05) is 11.6 Å². The van der Waals surface area contributed by atoms with Crippen molar-refractivity contribution in [1.82, 2.24) is 9.58 Å². The van der Waals surface area contributed by atoms with Gasteiger partial charge in [-0.25, -0.2) is 13.2 Å². The standard InChI is InChI=1S/C31H23F6N3O3S/c32-19-6-5-18-23-22-14(12-30(33,34)24(19)23)13-44-28(22)17-4-2-1-3-16(17)25(18)40-21-11-15(31(35,36)37)7-9-38(21)29(43)26-27(42)20(41)8-10-39(26)40/h1-3,5-6,8,10,13,15,21,24-25,42H,4,7,9,11-12H2. The molecule has 0 spiro atoms. The number of hydrogen-bond acceptors (Lipinski definition) is 5. The summed E-state index contributed by atoms with van der Waals surface area (Å²) in [6.07, 6.45) is 2.04. The number of nitrogens with zero attached hydrogens (tertiary/aromatic N) is 3. The minimum atomic E-state index is -4.57. The Bertz CT molecular complexity index is 1980. The Hall–Kier alpha value is -4.00. The summed E-state index contributed by atoms with van der Waals surface area (Å²) in [5, 5.41) is 14.5. The molecule has 4 heterocycles. The first-order chi connectivity index (χ1) is 20.9. The van der Waals surface area contributed by atoms with Gasteiger partial charge in [0.2, 0.25) is 5.43 Å². The molecule has 228 valence electrons.